The third-order valence-corrected chi connectivity index (χ3v) is 3.66. The van der Waals surface area contributed by atoms with Crippen molar-refractivity contribution in [3.05, 3.63) is 0 Å². The van der Waals surface area contributed by atoms with Gasteiger partial charge in [0.25, 0.3) is 0 Å². The van der Waals surface area contributed by atoms with Crippen LogP contribution in [0.15, 0.2) is 4.99 Å². The van der Waals surface area contributed by atoms with Gasteiger partial charge in [0.05, 0.1) is 0 Å². The summed E-state index contributed by atoms with van der Waals surface area (Å²) in [5, 5.41) is 9.48. The molecule has 0 heterocycles. The summed E-state index contributed by atoms with van der Waals surface area (Å²) < 4.78 is 0. The Morgan fingerprint density at radius 2 is 1.68 bits per heavy atom. The Morgan fingerprint density at radius 1 is 1.09 bits per heavy atom. The van der Waals surface area contributed by atoms with Gasteiger partial charge in [0, 0.05) is 32.1 Å². The van der Waals surface area contributed by atoms with Crippen LogP contribution < -0.4 is 16.0 Å². The van der Waals surface area contributed by atoms with E-state index in [0.29, 0.717) is 25.4 Å². The minimum Gasteiger partial charge on any atom is -0.355 e. The maximum absolute atomic E-state index is 11.9. The first-order chi connectivity index (χ1) is 9.90. The molecule has 0 aliphatic heterocycles. The molecule has 0 atom stereocenters. The van der Waals surface area contributed by atoms with E-state index in [2.05, 4.69) is 41.7 Å². The van der Waals surface area contributed by atoms with Crippen molar-refractivity contribution in [3.8, 4) is 0 Å². The lowest BCUT2D eigenvalue weighted by molar-refractivity contribution is -0.122. The maximum Gasteiger partial charge on any atom is 0.220 e. The van der Waals surface area contributed by atoms with E-state index in [0.717, 1.165) is 5.96 Å². The summed E-state index contributed by atoms with van der Waals surface area (Å²) >= 11 is 0. The van der Waals surface area contributed by atoms with E-state index in [9.17, 15) is 4.79 Å². The van der Waals surface area contributed by atoms with Gasteiger partial charge in [-0.2, -0.15) is 0 Å². The summed E-state index contributed by atoms with van der Waals surface area (Å²) in [6.07, 6.45) is 7.03. The maximum atomic E-state index is 11.9. The zero-order valence-corrected chi connectivity index (χ0v) is 16.8. The molecule has 1 saturated carbocycles. The van der Waals surface area contributed by atoms with Crippen molar-refractivity contribution >= 4 is 35.8 Å². The van der Waals surface area contributed by atoms with E-state index in [1.54, 1.807) is 7.05 Å². The van der Waals surface area contributed by atoms with Crippen molar-refractivity contribution in [2.24, 2.45) is 10.9 Å². The summed E-state index contributed by atoms with van der Waals surface area (Å²) in [5.41, 5.74) is -0.0218. The summed E-state index contributed by atoms with van der Waals surface area (Å²) in [6.45, 7) is 7.59. The Morgan fingerprint density at radius 3 is 2.23 bits per heavy atom. The highest BCUT2D eigenvalue weighted by molar-refractivity contribution is 14.0. The zero-order valence-electron chi connectivity index (χ0n) is 14.5. The molecule has 130 valence electrons. The normalized spacial score (nSPS) is 16.6. The van der Waals surface area contributed by atoms with Crippen LogP contribution in [0.1, 0.15) is 59.3 Å². The number of guanidine groups is 1. The second-order valence-corrected chi connectivity index (χ2v) is 6.93. The van der Waals surface area contributed by atoms with Crippen LogP contribution >= 0.6 is 24.0 Å². The lowest BCUT2D eigenvalue weighted by Gasteiger charge is -2.24. The number of carbonyl (C=O) groups is 1. The Labute approximate surface area is 152 Å². The second kappa shape index (κ2) is 11.1. The molecule has 1 aliphatic carbocycles. The van der Waals surface area contributed by atoms with Gasteiger partial charge in [0.2, 0.25) is 5.91 Å². The third kappa shape index (κ3) is 10.2. The lowest BCUT2D eigenvalue weighted by Crippen LogP contribution is -2.49. The highest BCUT2D eigenvalue weighted by atomic mass is 127. The van der Waals surface area contributed by atoms with Crippen LogP contribution in [0.5, 0.6) is 0 Å². The molecule has 1 fully saturated rings. The number of rotatable bonds is 5. The molecule has 0 radical (unpaired) electrons. The van der Waals surface area contributed by atoms with Gasteiger partial charge in [-0.25, -0.2) is 0 Å². The molecule has 22 heavy (non-hydrogen) atoms. The Hall–Kier alpha value is -0.530. The van der Waals surface area contributed by atoms with Crippen LogP contribution in [0, 0.1) is 5.92 Å². The van der Waals surface area contributed by atoms with Gasteiger partial charge in [0.1, 0.15) is 0 Å². The van der Waals surface area contributed by atoms with Crippen LogP contribution in [-0.4, -0.2) is 37.5 Å². The SMILES string of the molecule is CN=C(NCCNC(=O)CC1CCCCC1)NC(C)(C)C.I. The summed E-state index contributed by atoms with van der Waals surface area (Å²) in [7, 11) is 1.75. The minimum atomic E-state index is -0.0218. The molecular weight excluding hydrogens is 391 g/mol. The van der Waals surface area contributed by atoms with Crippen molar-refractivity contribution in [3.63, 3.8) is 0 Å². The average molecular weight is 424 g/mol. The van der Waals surface area contributed by atoms with Crippen molar-refractivity contribution in [2.75, 3.05) is 20.1 Å². The Balaban J connectivity index is 0.00000441. The predicted octanol–water partition coefficient (Wildman–Crippen LogP) is 2.65. The highest BCUT2D eigenvalue weighted by Gasteiger charge is 2.16. The fraction of sp³-hybridized carbons (Fsp3) is 0.875. The number of nitrogens with one attached hydrogen (secondary N) is 3. The molecule has 1 rings (SSSR count). The summed E-state index contributed by atoms with van der Waals surface area (Å²) in [5.74, 6) is 1.55. The molecule has 5 nitrogen and oxygen atoms in total. The molecule has 0 spiro atoms. The third-order valence-electron chi connectivity index (χ3n) is 3.66. The molecule has 1 aliphatic rings. The van der Waals surface area contributed by atoms with Gasteiger partial charge < -0.3 is 16.0 Å². The number of amides is 1. The lowest BCUT2D eigenvalue weighted by atomic mass is 9.87. The van der Waals surface area contributed by atoms with E-state index < -0.39 is 0 Å². The fourth-order valence-corrected chi connectivity index (χ4v) is 2.64. The monoisotopic (exact) mass is 424 g/mol. The van der Waals surface area contributed by atoms with Crippen LogP contribution in [0.25, 0.3) is 0 Å². The van der Waals surface area contributed by atoms with E-state index >= 15 is 0 Å². The summed E-state index contributed by atoms with van der Waals surface area (Å²) in [4.78, 5) is 16.0. The highest BCUT2D eigenvalue weighted by Crippen LogP contribution is 2.25. The van der Waals surface area contributed by atoms with Crippen molar-refractivity contribution in [2.45, 2.75) is 64.8 Å². The minimum absolute atomic E-state index is 0. The first-order valence-electron chi connectivity index (χ1n) is 8.16. The van der Waals surface area contributed by atoms with Crippen LogP contribution in [0.2, 0.25) is 0 Å². The molecular formula is C16H33IN4O. The molecule has 0 aromatic heterocycles. The first kappa shape index (κ1) is 21.5. The van der Waals surface area contributed by atoms with E-state index in [1.165, 1.54) is 32.1 Å². The zero-order chi connectivity index (χ0) is 15.7. The quantitative estimate of drug-likeness (QED) is 0.275. The Bertz CT molecular complexity index is 347. The number of carbonyl (C=O) groups excluding carboxylic acids is 1. The van der Waals surface area contributed by atoms with E-state index in [4.69, 9.17) is 0 Å². The number of hydrogen-bond donors (Lipinski definition) is 3. The van der Waals surface area contributed by atoms with Gasteiger partial charge in [-0.05, 0) is 39.5 Å². The van der Waals surface area contributed by atoms with Crippen molar-refractivity contribution in [1.82, 2.24) is 16.0 Å². The van der Waals surface area contributed by atoms with Gasteiger partial charge in [-0.3, -0.25) is 9.79 Å². The topological polar surface area (TPSA) is 65.5 Å². The fourth-order valence-electron chi connectivity index (χ4n) is 2.64. The first-order valence-corrected chi connectivity index (χ1v) is 8.16. The molecule has 0 bridgehead atoms. The van der Waals surface area contributed by atoms with Crippen LogP contribution in [0.3, 0.4) is 0 Å². The van der Waals surface area contributed by atoms with Crippen LogP contribution in [0.4, 0.5) is 0 Å². The molecule has 0 aromatic rings. The van der Waals surface area contributed by atoms with E-state index in [1.807, 2.05) is 0 Å². The van der Waals surface area contributed by atoms with Crippen molar-refractivity contribution < 1.29 is 4.79 Å². The standard InChI is InChI=1S/C16H32N4O.HI/c1-16(2,3)20-15(17-4)19-11-10-18-14(21)12-13-8-6-5-7-9-13;/h13H,5-12H2,1-4H3,(H,18,21)(H2,17,19,20);1H. The van der Waals surface area contributed by atoms with Gasteiger partial charge in [0.15, 0.2) is 5.96 Å². The largest absolute Gasteiger partial charge is 0.355 e. The van der Waals surface area contributed by atoms with E-state index in [-0.39, 0.29) is 35.4 Å². The molecule has 0 aromatic carbocycles. The second-order valence-electron chi connectivity index (χ2n) is 6.93. The van der Waals surface area contributed by atoms with Gasteiger partial charge in [-0.15, -0.1) is 24.0 Å². The Kier molecular flexibility index (Phi) is 10.8. The predicted molar refractivity (Wildman–Crippen MR) is 104 cm³/mol. The number of nitrogens with zero attached hydrogens (tertiary/aromatic N) is 1. The summed E-state index contributed by atoms with van der Waals surface area (Å²) in [6, 6.07) is 0. The number of halogens is 1. The molecule has 3 N–H and O–H groups in total. The molecule has 1 amide bonds. The van der Waals surface area contributed by atoms with Crippen molar-refractivity contribution in [1.29, 1.82) is 0 Å². The average Bonchev–Trinajstić information content (AvgIpc) is 2.42. The smallest absolute Gasteiger partial charge is 0.220 e. The molecule has 0 unspecified atom stereocenters. The number of hydrogen-bond acceptors (Lipinski definition) is 2. The molecule has 6 heteroatoms. The number of aliphatic imine (C=N–C) groups is 1. The van der Waals surface area contributed by atoms with Crippen LogP contribution in [-0.2, 0) is 4.79 Å². The van der Waals surface area contributed by atoms with Gasteiger partial charge in [-0.1, -0.05) is 19.3 Å². The van der Waals surface area contributed by atoms with Gasteiger partial charge >= 0.3 is 0 Å². The molecule has 0 saturated heterocycles.